The zero-order chi connectivity index (χ0) is 14.6. The van der Waals surface area contributed by atoms with Crippen LogP contribution >= 0.6 is 0 Å². The molecule has 2 rings (SSSR count). The molecule has 2 fully saturated rings. The van der Waals surface area contributed by atoms with Gasteiger partial charge >= 0.3 is 0 Å². The largest absolute Gasteiger partial charge is 0.368 e. The minimum absolute atomic E-state index is 0.161. The number of nitrogens with zero attached hydrogens (tertiary/aromatic N) is 1. The Bertz CT molecular complexity index is 328. The maximum Gasteiger partial charge on any atom is 0.238 e. The lowest BCUT2D eigenvalue weighted by atomic mass is 9.84. The Kier molecular flexibility index (Phi) is 5.44. The summed E-state index contributed by atoms with van der Waals surface area (Å²) in [5.41, 5.74) is 5.23. The van der Waals surface area contributed by atoms with E-state index in [9.17, 15) is 4.79 Å². The molecular weight excluding hydrogens is 250 g/mol. The lowest BCUT2D eigenvalue weighted by Crippen LogP contribution is -2.57. The molecule has 0 aromatic carbocycles. The van der Waals surface area contributed by atoms with E-state index in [1.54, 1.807) is 0 Å². The summed E-state index contributed by atoms with van der Waals surface area (Å²) in [6.07, 6.45) is 9.71. The van der Waals surface area contributed by atoms with E-state index in [1.165, 1.54) is 25.7 Å². The maximum atomic E-state index is 11.9. The van der Waals surface area contributed by atoms with Gasteiger partial charge in [0.15, 0.2) is 0 Å². The maximum absolute atomic E-state index is 11.9. The normalized spacial score (nSPS) is 31.2. The van der Waals surface area contributed by atoms with Crippen molar-refractivity contribution >= 4 is 5.91 Å². The third-order valence-corrected chi connectivity index (χ3v) is 5.72. The molecule has 0 spiro atoms. The fraction of sp³-hybridized carbons (Fsp3) is 0.938. The van der Waals surface area contributed by atoms with Gasteiger partial charge in [-0.05, 0) is 58.2 Å². The molecule has 116 valence electrons. The monoisotopic (exact) mass is 281 g/mol. The number of nitrogens with one attached hydrogen (secondary N) is 1. The highest BCUT2D eigenvalue weighted by Crippen LogP contribution is 2.38. The third kappa shape index (κ3) is 3.01. The van der Waals surface area contributed by atoms with Gasteiger partial charge in [-0.25, -0.2) is 0 Å². The van der Waals surface area contributed by atoms with Gasteiger partial charge in [0, 0.05) is 6.04 Å². The number of amides is 1. The number of rotatable bonds is 7. The van der Waals surface area contributed by atoms with E-state index in [4.69, 9.17) is 5.73 Å². The van der Waals surface area contributed by atoms with Crippen LogP contribution in [0.5, 0.6) is 0 Å². The minimum atomic E-state index is -0.449. The van der Waals surface area contributed by atoms with Crippen LogP contribution in [-0.2, 0) is 4.79 Å². The second-order valence-corrected chi connectivity index (χ2v) is 6.53. The van der Waals surface area contributed by atoms with E-state index in [0.29, 0.717) is 5.92 Å². The third-order valence-electron chi connectivity index (χ3n) is 5.72. The SMILES string of the molecule is CCN(CCC1CCCC1(NC)C(N)=O)C1CCCC1. The molecule has 0 heterocycles. The van der Waals surface area contributed by atoms with E-state index in [1.807, 2.05) is 7.05 Å². The molecule has 2 unspecified atom stereocenters. The lowest BCUT2D eigenvalue weighted by Gasteiger charge is -2.35. The minimum Gasteiger partial charge on any atom is -0.368 e. The molecule has 0 radical (unpaired) electrons. The van der Waals surface area contributed by atoms with E-state index < -0.39 is 5.54 Å². The summed E-state index contributed by atoms with van der Waals surface area (Å²) in [7, 11) is 1.89. The average Bonchev–Trinajstić information content (AvgIpc) is 3.08. The molecule has 4 heteroatoms. The van der Waals surface area contributed by atoms with Gasteiger partial charge in [-0.1, -0.05) is 26.2 Å². The standard InChI is InChI=1S/C16H31N3O/c1-3-19(14-8-4-5-9-14)12-10-13-7-6-11-16(13,18-2)15(17)20/h13-14,18H,3-12H2,1-2H3,(H2,17,20). The number of carbonyl (C=O) groups excluding carboxylic acids is 1. The highest BCUT2D eigenvalue weighted by atomic mass is 16.1. The topological polar surface area (TPSA) is 58.4 Å². The first-order chi connectivity index (χ1) is 9.64. The first-order valence-electron chi connectivity index (χ1n) is 8.37. The first kappa shape index (κ1) is 15.8. The molecule has 2 aliphatic carbocycles. The highest BCUT2D eigenvalue weighted by molar-refractivity contribution is 5.85. The Morgan fingerprint density at radius 2 is 2.00 bits per heavy atom. The van der Waals surface area contributed by atoms with Crippen LogP contribution in [0.25, 0.3) is 0 Å². The molecule has 2 saturated carbocycles. The van der Waals surface area contributed by atoms with Gasteiger partial charge in [0.1, 0.15) is 5.54 Å². The second kappa shape index (κ2) is 6.90. The van der Waals surface area contributed by atoms with Crippen molar-refractivity contribution in [3.8, 4) is 0 Å². The fourth-order valence-corrected chi connectivity index (χ4v) is 4.44. The molecule has 20 heavy (non-hydrogen) atoms. The second-order valence-electron chi connectivity index (χ2n) is 6.53. The fourth-order valence-electron chi connectivity index (χ4n) is 4.44. The molecule has 4 nitrogen and oxygen atoms in total. The first-order valence-corrected chi connectivity index (χ1v) is 8.37. The molecule has 0 saturated heterocycles. The van der Waals surface area contributed by atoms with Crippen LogP contribution in [-0.4, -0.2) is 42.5 Å². The van der Waals surface area contributed by atoms with Gasteiger partial charge < -0.3 is 16.0 Å². The van der Waals surface area contributed by atoms with Crippen LogP contribution in [0.3, 0.4) is 0 Å². The summed E-state index contributed by atoms with van der Waals surface area (Å²) in [6, 6.07) is 0.777. The lowest BCUT2D eigenvalue weighted by molar-refractivity contribution is -0.125. The van der Waals surface area contributed by atoms with Crippen LogP contribution in [0.4, 0.5) is 0 Å². The Morgan fingerprint density at radius 1 is 1.30 bits per heavy atom. The zero-order valence-electron chi connectivity index (χ0n) is 13.2. The number of hydrogen-bond acceptors (Lipinski definition) is 3. The van der Waals surface area contributed by atoms with Gasteiger partial charge in [0.05, 0.1) is 0 Å². The van der Waals surface area contributed by atoms with Crippen LogP contribution in [0.2, 0.25) is 0 Å². The summed E-state index contributed by atoms with van der Waals surface area (Å²) >= 11 is 0. The number of hydrogen-bond donors (Lipinski definition) is 2. The highest BCUT2D eigenvalue weighted by Gasteiger charge is 2.46. The molecule has 0 aliphatic heterocycles. The van der Waals surface area contributed by atoms with Gasteiger partial charge in [-0.15, -0.1) is 0 Å². The van der Waals surface area contributed by atoms with Gasteiger partial charge in [0.2, 0.25) is 5.91 Å². The number of likely N-dealkylation sites (N-methyl/N-ethyl adjacent to an activating group) is 1. The Morgan fingerprint density at radius 3 is 2.55 bits per heavy atom. The summed E-state index contributed by atoms with van der Waals surface area (Å²) < 4.78 is 0. The Labute approximate surface area is 123 Å². The quantitative estimate of drug-likeness (QED) is 0.749. The van der Waals surface area contributed by atoms with Crippen molar-refractivity contribution < 1.29 is 4.79 Å². The van der Waals surface area contributed by atoms with E-state index in [2.05, 4.69) is 17.1 Å². The van der Waals surface area contributed by atoms with Crippen molar-refractivity contribution in [2.75, 3.05) is 20.1 Å². The van der Waals surface area contributed by atoms with Gasteiger partial charge in [-0.3, -0.25) is 4.79 Å². The molecule has 0 aromatic rings. The van der Waals surface area contributed by atoms with Crippen molar-refractivity contribution in [1.82, 2.24) is 10.2 Å². The summed E-state index contributed by atoms with van der Waals surface area (Å²) in [5.74, 6) is 0.242. The van der Waals surface area contributed by atoms with Crippen molar-refractivity contribution in [1.29, 1.82) is 0 Å². The van der Waals surface area contributed by atoms with E-state index >= 15 is 0 Å². The van der Waals surface area contributed by atoms with Gasteiger partial charge in [0.25, 0.3) is 0 Å². The predicted octanol–water partition coefficient (Wildman–Crippen LogP) is 1.88. The van der Waals surface area contributed by atoms with Crippen molar-refractivity contribution in [3.05, 3.63) is 0 Å². The van der Waals surface area contributed by atoms with Crippen LogP contribution in [0, 0.1) is 5.92 Å². The molecule has 2 atom stereocenters. The van der Waals surface area contributed by atoms with E-state index in [0.717, 1.165) is 44.8 Å². The smallest absolute Gasteiger partial charge is 0.238 e. The van der Waals surface area contributed by atoms with Crippen LogP contribution < -0.4 is 11.1 Å². The molecule has 3 N–H and O–H groups in total. The predicted molar refractivity (Wildman–Crippen MR) is 82.4 cm³/mol. The molecule has 0 bridgehead atoms. The summed E-state index contributed by atoms with van der Waals surface area (Å²) in [4.78, 5) is 14.5. The van der Waals surface area contributed by atoms with Crippen LogP contribution in [0.1, 0.15) is 58.3 Å². The number of nitrogens with two attached hydrogens (primary N) is 1. The van der Waals surface area contributed by atoms with E-state index in [-0.39, 0.29) is 5.91 Å². The van der Waals surface area contributed by atoms with Crippen molar-refractivity contribution in [2.45, 2.75) is 69.9 Å². The average molecular weight is 281 g/mol. The number of carbonyl (C=O) groups is 1. The molecule has 2 aliphatic rings. The van der Waals surface area contributed by atoms with Crippen molar-refractivity contribution in [3.63, 3.8) is 0 Å². The van der Waals surface area contributed by atoms with Crippen molar-refractivity contribution in [2.24, 2.45) is 11.7 Å². The molecular formula is C16H31N3O. The van der Waals surface area contributed by atoms with Crippen LogP contribution in [0.15, 0.2) is 0 Å². The summed E-state index contributed by atoms with van der Waals surface area (Å²) in [6.45, 7) is 4.50. The Balaban J connectivity index is 1.92. The van der Waals surface area contributed by atoms with Gasteiger partial charge in [-0.2, -0.15) is 0 Å². The molecule has 0 aromatic heterocycles. The summed E-state index contributed by atoms with van der Waals surface area (Å²) in [5, 5.41) is 3.25. The number of primary amides is 1. The zero-order valence-corrected chi connectivity index (χ0v) is 13.2. The Hall–Kier alpha value is -0.610. The molecule has 1 amide bonds.